The largest absolute Gasteiger partial charge is 0.371 e. The summed E-state index contributed by atoms with van der Waals surface area (Å²) in [5.74, 6) is 0.528. The molecule has 0 aliphatic heterocycles. The van der Waals surface area contributed by atoms with Crippen molar-refractivity contribution in [3.8, 4) is 0 Å². The highest BCUT2D eigenvalue weighted by atomic mass is 15.1. The molecule has 1 heteroatoms. The maximum absolute atomic E-state index is 4.12. The van der Waals surface area contributed by atoms with Gasteiger partial charge in [0.05, 0.1) is 6.04 Å². The first kappa shape index (κ1) is 11.1. The summed E-state index contributed by atoms with van der Waals surface area (Å²) in [6.07, 6.45) is 7.85. The van der Waals surface area contributed by atoms with Crippen molar-refractivity contribution in [2.45, 2.75) is 33.2 Å². The predicted octanol–water partition coefficient (Wildman–Crippen LogP) is 3.36. The zero-order chi connectivity index (χ0) is 10.7. The first-order chi connectivity index (χ1) is 6.52. The standard InChI is InChI=1S/C13H21N/c1-10(2)12(4)14(5)13-8-6-11(3)7-9-13/h6-8,10,13H,4,9H2,1-3,5H3. The molecule has 0 radical (unpaired) electrons. The summed E-state index contributed by atoms with van der Waals surface area (Å²) in [6, 6.07) is 0.494. The highest BCUT2D eigenvalue weighted by Gasteiger charge is 2.15. The van der Waals surface area contributed by atoms with Crippen molar-refractivity contribution < 1.29 is 0 Å². The molecule has 0 N–H and O–H groups in total. The maximum atomic E-state index is 4.12. The van der Waals surface area contributed by atoms with E-state index in [1.165, 1.54) is 11.3 Å². The first-order valence-electron chi connectivity index (χ1n) is 5.29. The fourth-order valence-corrected chi connectivity index (χ4v) is 1.62. The fourth-order valence-electron chi connectivity index (χ4n) is 1.62. The van der Waals surface area contributed by atoms with Gasteiger partial charge in [-0.25, -0.2) is 0 Å². The molecule has 0 heterocycles. The van der Waals surface area contributed by atoms with E-state index in [4.69, 9.17) is 0 Å². The molecule has 1 rings (SSSR count). The van der Waals surface area contributed by atoms with Crippen molar-refractivity contribution in [2.75, 3.05) is 7.05 Å². The molecule has 0 aromatic rings. The molecule has 1 unspecified atom stereocenters. The lowest BCUT2D eigenvalue weighted by molar-refractivity contribution is 0.321. The normalized spacial score (nSPS) is 20.9. The Morgan fingerprint density at radius 2 is 2.21 bits per heavy atom. The van der Waals surface area contributed by atoms with Crippen LogP contribution in [-0.4, -0.2) is 18.0 Å². The molecule has 0 amide bonds. The molecule has 0 spiro atoms. The van der Waals surface area contributed by atoms with Crippen molar-refractivity contribution >= 4 is 0 Å². The highest BCUT2D eigenvalue weighted by Crippen LogP contribution is 2.20. The van der Waals surface area contributed by atoms with Crippen LogP contribution in [0.25, 0.3) is 0 Å². The second-order valence-electron chi connectivity index (χ2n) is 4.37. The Kier molecular flexibility index (Phi) is 3.56. The summed E-state index contributed by atoms with van der Waals surface area (Å²) in [4.78, 5) is 2.28. The van der Waals surface area contributed by atoms with Gasteiger partial charge in [-0.15, -0.1) is 0 Å². The van der Waals surface area contributed by atoms with E-state index in [1.54, 1.807) is 0 Å². The number of allylic oxidation sites excluding steroid dienone is 3. The van der Waals surface area contributed by atoms with Gasteiger partial charge in [0.1, 0.15) is 0 Å². The van der Waals surface area contributed by atoms with Crippen LogP contribution in [-0.2, 0) is 0 Å². The fraction of sp³-hybridized carbons (Fsp3) is 0.538. The summed E-state index contributed by atoms with van der Waals surface area (Å²) in [7, 11) is 2.13. The van der Waals surface area contributed by atoms with Crippen molar-refractivity contribution in [2.24, 2.45) is 5.92 Å². The van der Waals surface area contributed by atoms with Crippen LogP contribution < -0.4 is 0 Å². The molecule has 0 saturated heterocycles. The molecule has 0 aromatic heterocycles. The molecular weight excluding hydrogens is 170 g/mol. The Hall–Kier alpha value is -0.980. The predicted molar refractivity (Wildman–Crippen MR) is 63.0 cm³/mol. The number of likely N-dealkylation sites (N-methyl/N-ethyl adjacent to an activating group) is 1. The van der Waals surface area contributed by atoms with Gasteiger partial charge in [0.2, 0.25) is 0 Å². The third-order valence-electron chi connectivity index (χ3n) is 2.88. The Morgan fingerprint density at radius 1 is 1.57 bits per heavy atom. The average Bonchev–Trinajstić information content (AvgIpc) is 2.16. The van der Waals surface area contributed by atoms with E-state index in [2.05, 4.69) is 57.5 Å². The van der Waals surface area contributed by atoms with E-state index in [9.17, 15) is 0 Å². The maximum Gasteiger partial charge on any atom is 0.0504 e. The van der Waals surface area contributed by atoms with Gasteiger partial charge in [0.15, 0.2) is 0 Å². The van der Waals surface area contributed by atoms with Crippen LogP contribution in [0.15, 0.2) is 36.1 Å². The van der Waals surface area contributed by atoms with Crippen molar-refractivity contribution in [3.05, 3.63) is 36.1 Å². The van der Waals surface area contributed by atoms with Gasteiger partial charge < -0.3 is 4.90 Å². The summed E-state index contributed by atoms with van der Waals surface area (Å²) in [5.41, 5.74) is 2.58. The third-order valence-corrected chi connectivity index (χ3v) is 2.88. The van der Waals surface area contributed by atoms with E-state index in [-0.39, 0.29) is 0 Å². The number of hydrogen-bond acceptors (Lipinski definition) is 1. The van der Waals surface area contributed by atoms with E-state index in [0.29, 0.717) is 12.0 Å². The Balaban J connectivity index is 2.60. The number of nitrogens with zero attached hydrogens (tertiary/aromatic N) is 1. The Bertz CT molecular complexity index is 271. The topological polar surface area (TPSA) is 3.24 Å². The van der Waals surface area contributed by atoms with E-state index < -0.39 is 0 Å². The summed E-state index contributed by atoms with van der Waals surface area (Å²) >= 11 is 0. The molecule has 1 nitrogen and oxygen atoms in total. The minimum absolute atomic E-state index is 0.494. The van der Waals surface area contributed by atoms with Crippen LogP contribution in [0.1, 0.15) is 27.2 Å². The van der Waals surface area contributed by atoms with Gasteiger partial charge in [0.25, 0.3) is 0 Å². The van der Waals surface area contributed by atoms with Gasteiger partial charge in [0, 0.05) is 12.7 Å². The van der Waals surface area contributed by atoms with Crippen LogP contribution >= 0.6 is 0 Å². The Morgan fingerprint density at radius 3 is 2.64 bits per heavy atom. The molecule has 0 saturated carbocycles. The second-order valence-corrected chi connectivity index (χ2v) is 4.37. The smallest absolute Gasteiger partial charge is 0.0504 e. The van der Waals surface area contributed by atoms with Crippen molar-refractivity contribution in [3.63, 3.8) is 0 Å². The van der Waals surface area contributed by atoms with Gasteiger partial charge in [-0.3, -0.25) is 0 Å². The zero-order valence-electron chi connectivity index (χ0n) is 9.75. The van der Waals surface area contributed by atoms with Gasteiger partial charge in [-0.05, 0) is 19.3 Å². The molecule has 1 aliphatic carbocycles. The minimum Gasteiger partial charge on any atom is -0.371 e. The van der Waals surface area contributed by atoms with E-state index in [0.717, 1.165) is 6.42 Å². The summed E-state index contributed by atoms with van der Waals surface area (Å²) in [6.45, 7) is 10.6. The average molecular weight is 191 g/mol. The Labute approximate surface area is 87.8 Å². The minimum atomic E-state index is 0.494. The lowest BCUT2D eigenvalue weighted by Crippen LogP contribution is -2.31. The quantitative estimate of drug-likeness (QED) is 0.661. The van der Waals surface area contributed by atoms with Crippen molar-refractivity contribution in [1.82, 2.24) is 4.90 Å². The van der Waals surface area contributed by atoms with Crippen LogP contribution in [0.5, 0.6) is 0 Å². The van der Waals surface area contributed by atoms with Crippen LogP contribution in [0.4, 0.5) is 0 Å². The number of hydrogen-bond donors (Lipinski definition) is 0. The van der Waals surface area contributed by atoms with Gasteiger partial charge in [-0.1, -0.05) is 44.2 Å². The van der Waals surface area contributed by atoms with E-state index >= 15 is 0 Å². The molecule has 78 valence electrons. The third kappa shape index (κ3) is 2.50. The van der Waals surface area contributed by atoms with Crippen LogP contribution in [0.3, 0.4) is 0 Å². The summed E-state index contributed by atoms with van der Waals surface area (Å²) in [5, 5.41) is 0. The summed E-state index contributed by atoms with van der Waals surface area (Å²) < 4.78 is 0. The monoisotopic (exact) mass is 191 g/mol. The molecule has 1 atom stereocenters. The van der Waals surface area contributed by atoms with Gasteiger partial charge in [-0.2, -0.15) is 0 Å². The molecule has 1 aliphatic rings. The second kappa shape index (κ2) is 4.50. The molecule has 0 fully saturated rings. The van der Waals surface area contributed by atoms with Crippen molar-refractivity contribution in [1.29, 1.82) is 0 Å². The van der Waals surface area contributed by atoms with Gasteiger partial charge >= 0.3 is 0 Å². The molecule has 0 aromatic carbocycles. The SMILES string of the molecule is C=C(C(C)C)N(C)C1C=CC(C)=CC1. The van der Waals surface area contributed by atoms with E-state index in [1.807, 2.05) is 0 Å². The lowest BCUT2D eigenvalue weighted by Gasteiger charge is -2.32. The van der Waals surface area contributed by atoms with Crippen LogP contribution in [0, 0.1) is 5.92 Å². The number of rotatable bonds is 3. The molecule has 0 bridgehead atoms. The lowest BCUT2D eigenvalue weighted by atomic mass is 10.0. The molecule has 14 heavy (non-hydrogen) atoms. The molecular formula is C13H21N. The zero-order valence-corrected chi connectivity index (χ0v) is 9.75. The first-order valence-corrected chi connectivity index (χ1v) is 5.29. The highest BCUT2D eigenvalue weighted by molar-refractivity contribution is 5.24. The van der Waals surface area contributed by atoms with Crippen LogP contribution in [0.2, 0.25) is 0 Å².